The van der Waals surface area contributed by atoms with Gasteiger partial charge in [0.05, 0.1) is 0 Å². The van der Waals surface area contributed by atoms with Gasteiger partial charge in [-0.15, -0.1) is 0 Å². The van der Waals surface area contributed by atoms with Crippen molar-refractivity contribution in [3.8, 4) is 0 Å². The fourth-order valence-corrected chi connectivity index (χ4v) is 3.07. The molecule has 1 unspecified atom stereocenters. The molecule has 1 aromatic rings. The number of anilines is 1. The van der Waals surface area contributed by atoms with E-state index in [9.17, 15) is 0 Å². The van der Waals surface area contributed by atoms with Crippen LogP contribution in [-0.2, 0) is 0 Å². The predicted octanol–water partition coefficient (Wildman–Crippen LogP) is 3.38. The van der Waals surface area contributed by atoms with Crippen molar-refractivity contribution in [2.75, 3.05) is 25.5 Å². The molecule has 1 aromatic heterocycles. The molecule has 1 atom stereocenters. The average molecular weight is 261 g/mol. The lowest BCUT2D eigenvalue weighted by Crippen LogP contribution is -2.29. The minimum absolute atomic E-state index is 0.345. The second-order valence-electron chi connectivity index (χ2n) is 5.81. The zero-order valence-electron chi connectivity index (χ0n) is 12.5. The monoisotopic (exact) mass is 261 g/mol. The van der Waals surface area contributed by atoms with Crippen molar-refractivity contribution in [2.24, 2.45) is 5.92 Å². The van der Waals surface area contributed by atoms with Crippen molar-refractivity contribution in [1.29, 1.82) is 0 Å². The highest BCUT2D eigenvalue weighted by Gasteiger charge is 2.18. The molecule has 0 spiro atoms. The van der Waals surface area contributed by atoms with Crippen LogP contribution in [0, 0.1) is 5.92 Å². The lowest BCUT2D eigenvalue weighted by molar-refractivity contribution is 0.361. The topological polar surface area (TPSA) is 28.2 Å². The molecule has 3 nitrogen and oxygen atoms in total. The predicted molar refractivity (Wildman–Crippen MR) is 81.6 cm³/mol. The van der Waals surface area contributed by atoms with Gasteiger partial charge >= 0.3 is 0 Å². The van der Waals surface area contributed by atoms with Crippen LogP contribution >= 0.6 is 0 Å². The maximum Gasteiger partial charge on any atom is 0.133 e. The van der Waals surface area contributed by atoms with Crippen LogP contribution in [-0.4, -0.2) is 25.6 Å². The SMILES string of the molecule is CNC(C)c1cccnc1N(C)CC1CCCCC1. The molecule has 1 saturated carbocycles. The fourth-order valence-electron chi connectivity index (χ4n) is 3.07. The van der Waals surface area contributed by atoms with Gasteiger partial charge in [-0.3, -0.25) is 0 Å². The van der Waals surface area contributed by atoms with Gasteiger partial charge in [-0.2, -0.15) is 0 Å². The van der Waals surface area contributed by atoms with Crippen LogP contribution in [0.15, 0.2) is 18.3 Å². The number of hydrogen-bond acceptors (Lipinski definition) is 3. The van der Waals surface area contributed by atoms with Crippen LogP contribution in [0.25, 0.3) is 0 Å². The molecule has 19 heavy (non-hydrogen) atoms. The van der Waals surface area contributed by atoms with Crippen molar-refractivity contribution < 1.29 is 0 Å². The number of nitrogens with one attached hydrogen (secondary N) is 1. The normalized spacial score (nSPS) is 18.3. The highest BCUT2D eigenvalue weighted by atomic mass is 15.2. The molecule has 0 amide bonds. The smallest absolute Gasteiger partial charge is 0.133 e. The summed E-state index contributed by atoms with van der Waals surface area (Å²) >= 11 is 0. The van der Waals surface area contributed by atoms with Crippen LogP contribution < -0.4 is 10.2 Å². The summed E-state index contributed by atoms with van der Waals surface area (Å²) in [6.07, 6.45) is 8.90. The molecule has 0 saturated heterocycles. The molecule has 1 fully saturated rings. The van der Waals surface area contributed by atoms with Gasteiger partial charge in [-0.05, 0) is 38.8 Å². The number of rotatable bonds is 5. The fraction of sp³-hybridized carbons (Fsp3) is 0.688. The van der Waals surface area contributed by atoms with E-state index in [1.165, 1.54) is 37.7 Å². The third-order valence-electron chi connectivity index (χ3n) is 4.33. The molecule has 1 heterocycles. The van der Waals surface area contributed by atoms with E-state index in [0.29, 0.717) is 6.04 Å². The Morgan fingerprint density at radius 3 is 2.79 bits per heavy atom. The quantitative estimate of drug-likeness (QED) is 0.880. The Morgan fingerprint density at radius 2 is 2.11 bits per heavy atom. The second kappa shape index (κ2) is 6.90. The zero-order valence-corrected chi connectivity index (χ0v) is 12.5. The van der Waals surface area contributed by atoms with Crippen molar-refractivity contribution >= 4 is 5.82 Å². The molecule has 1 aliphatic rings. The van der Waals surface area contributed by atoms with E-state index in [4.69, 9.17) is 0 Å². The lowest BCUT2D eigenvalue weighted by atomic mass is 9.89. The first-order chi connectivity index (χ1) is 9.22. The molecule has 1 aliphatic carbocycles. The van der Waals surface area contributed by atoms with Crippen LogP contribution in [0.4, 0.5) is 5.82 Å². The van der Waals surface area contributed by atoms with E-state index in [1.54, 1.807) is 0 Å². The highest BCUT2D eigenvalue weighted by Crippen LogP contribution is 2.28. The summed E-state index contributed by atoms with van der Waals surface area (Å²) in [5.41, 5.74) is 1.29. The van der Waals surface area contributed by atoms with Crippen molar-refractivity contribution in [3.05, 3.63) is 23.9 Å². The van der Waals surface area contributed by atoms with Crippen LogP contribution in [0.2, 0.25) is 0 Å². The molecule has 106 valence electrons. The van der Waals surface area contributed by atoms with E-state index < -0.39 is 0 Å². The summed E-state index contributed by atoms with van der Waals surface area (Å²) in [7, 11) is 4.19. The standard InChI is InChI=1S/C16H27N3/c1-13(17-2)15-10-7-11-18-16(15)19(3)12-14-8-5-4-6-9-14/h7,10-11,13-14,17H,4-6,8-9,12H2,1-3H3. The van der Waals surface area contributed by atoms with Crippen LogP contribution in [0.3, 0.4) is 0 Å². The Labute approximate surface area is 117 Å². The summed E-state index contributed by atoms with van der Waals surface area (Å²) in [5, 5.41) is 3.31. The van der Waals surface area contributed by atoms with Crippen LogP contribution in [0.5, 0.6) is 0 Å². The van der Waals surface area contributed by atoms with Crippen molar-refractivity contribution in [2.45, 2.75) is 45.1 Å². The van der Waals surface area contributed by atoms with Crippen molar-refractivity contribution in [3.63, 3.8) is 0 Å². The number of pyridine rings is 1. The minimum Gasteiger partial charge on any atom is -0.359 e. The van der Waals surface area contributed by atoms with Crippen molar-refractivity contribution in [1.82, 2.24) is 10.3 Å². The van der Waals surface area contributed by atoms with E-state index in [0.717, 1.165) is 18.3 Å². The van der Waals surface area contributed by atoms with Gasteiger partial charge in [-0.25, -0.2) is 4.98 Å². The van der Waals surface area contributed by atoms with Crippen LogP contribution in [0.1, 0.15) is 50.6 Å². The molecule has 0 radical (unpaired) electrons. The Hall–Kier alpha value is -1.09. The third kappa shape index (κ3) is 3.69. The molecule has 0 aromatic carbocycles. The van der Waals surface area contributed by atoms with E-state index in [-0.39, 0.29) is 0 Å². The Kier molecular flexibility index (Phi) is 5.20. The summed E-state index contributed by atoms with van der Waals surface area (Å²) in [6, 6.07) is 4.56. The average Bonchev–Trinajstić information content (AvgIpc) is 2.47. The number of aromatic nitrogens is 1. The minimum atomic E-state index is 0.345. The van der Waals surface area contributed by atoms with Gasteiger partial charge < -0.3 is 10.2 Å². The molecule has 0 aliphatic heterocycles. The molecule has 0 bridgehead atoms. The molecular formula is C16H27N3. The maximum atomic E-state index is 4.60. The Morgan fingerprint density at radius 1 is 1.37 bits per heavy atom. The Balaban J connectivity index is 2.07. The van der Waals surface area contributed by atoms with Gasteiger partial charge in [0, 0.05) is 31.4 Å². The van der Waals surface area contributed by atoms with Gasteiger partial charge in [0.15, 0.2) is 0 Å². The maximum absolute atomic E-state index is 4.60. The van der Waals surface area contributed by atoms with Gasteiger partial charge in [-0.1, -0.05) is 25.3 Å². The van der Waals surface area contributed by atoms with Gasteiger partial charge in [0.25, 0.3) is 0 Å². The van der Waals surface area contributed by atoms with Gasteiger partial charge in [0.1, 0.15) is 5.82 Å². The summed E-state index contributed by atoms with van der Waals surface area (Å²) < 4.78 is 0. The lowest BCUT2D eigenvalue weighted by Gasteiger charge is -2.29. The summed E-state index contributed by atoms with van der Waals surface area (Å²) in [6.45, 7) is 3.33. The van der Waals surface area contributed by atoms with Gasteiger partial charge in [0.2, 0.25) is 0 Å². The Bertz CT molecular complexity index is 385. The van der Waals surface area contributed by atoms with E-state index >= 15 is 0 Å². The largest absolute Gasteiger partial charge is 0.359 e. The summed E-state index contributed by atoms with van der Waals surface area (Å²) in [4.78, 5) is 6.95. The first-order valence-electron chi connectivity index (χ1n) is 7.55. The van der Waals surface area contributed by atoms with E-state index in [2.05, 4.69) is 35.2 Å². The highest BCUT2D eigenvalue weighted by molar-refractivity contribution is 5.47. The molecule has 2 rings (SSSR count). The first kappa shape index (κ1) is 14.3. The molecule has 1 N–H and O–H groups in total. The number of hydrogen-bond donors (Lipinski definition) is 1. The molecular weight excluding hydrogens is 234 g/mol. The summed E-state index contributed by atoms with van der Waals surface area (Å²) in [5.74, 6) is 1.98. The number of nitrogens with zero attached hydrogens (tertiary/aromatic N) is 2. The zero-order chi connectivity index (χ0) is 13.7. The third-order valence-corrected chi connectivity index (χ3v) is 4.33. The van der Waals surface area contributed by atoms with E-state index in [1.807, 2.05) is 19.3 Å². The molecule has 3 heteroatoms. The second-order valence-corrected chi connectivity index (χ2v) is 5.81. The first-order valence-corrected chi connectivity index (χ1v) is 7.55.